The second-order valence-corrected chi connectivity index (χ2v) is 6.99. The van der Waals surface area contributed by atoms with E-state index in [2.05, 4.69) is 29.6 Å². The van der Waals surface area contributed by atoms with Crippen LogP contribution in [-0.4, -0.2) is 0 Å². The van der Waals surface area contributed by atoms with Crippen LogP contribution in [0.2, 0.25) is 0 Å². The molecule has 0 fully saturated rings. The number of nitrogens with one attached hydrogen (secondary N) is 1. The third-order valence-corrected chi connectivity index (χ3v) is 5.17. The highest BCUT2D eigenvalue weighted by Gasteiger charge is 2.17. The lowest BCUT2D eigenvalue weighted by Gasteiger charge is -2.18. The fourth-order valence-electron chi connectivity index (χ4n) is 3.86. The number of rotatable bonds is 5. The molecular formula is C25H19NO3. The van der Waals surface area contributed by atoms with Gasteiger partial charge in [0.05, 0.1) is 12.3 Å². The van der Waals surface area contributed by atoms with Crippen molar-refractivity contribution >= 4 is 21.7 Å². The van der Waals surface area contributed by atoms with Crippen LogP contribution >= 0.6 is 0 Å². The lowest BCUT2D eigenvalue weighted by molar-refractivity contribution is 0.445. The molecule has 0 unspecified atom stereocenters. The maximum Gasteiger partial charge on any atom is 0.336 e. The first-order valence-corrected chi connectivity index (χ1v) is 9.56. The van der Waals surface area contributed by atoms with Crippen molar-refractivity contribution in [2.75, 3.05) is 0 Å². The van der Waals surface area contributed by atoms with Crippen LogP contribution in [0.1, 0.15) is 22.9 Å². The Morgan fingerprint density at radius 3 is 2.52 bits per heavy atom. The van der Waals surface area contributed by atoms with Gasteiger partial charge in [0.1, 0.15) is 11.3 Å². The summed E-state index contributed by atoms with van der Waals surface area (Å²) >= 11 is 0. The summed E-state index contributed by atoms with van der Waals surface area (Å²) in [4.78, 5) is 12.2. The van der Waals surface area contributed by atoms with E-state index >= 15 is 0 Å². The first-order chi connectivity index (χ1) is 14.3. The predicted molar refractivity (Wildman–Crippen MR) is 114 cm³/mol. The molecule has 0 radical (unpaired) electrons. The Hall–Kier alpha value is -3.63. The quantitative estimate of drug-likeness (QED) is 0.326. The van der Waals surface area contributed by atoms with Gasteiger partial charge in [-0.3, -0.25) is 5.32 Å². The number of benzene rings is 3. The van der Waals surface area contributed by atoms with Gasteiger partial charge < -0.3 is 8.83 Å². The number of hydrogen-bond acceptors (Lipinski definition) is 4. The molecule has 0 spiro atoms. The van der Waals surface area contributed by atoms with E-state index in [1.54, 1.807) is 12.3 Å². The van der Waals surface area contributed by atoms with Gasteiger partial charge in [-0.2, -0.15) is 0 Å². The maximum atomic E-state index is 12.2. The molecule has 0 amide bonds. The Kier molecular flexibility index (Phi) is 4.47. The Morgan fingerprint density at radius 2 is 1.69 bits per heavy atom. The van der Waals surface area contributed by atoms with Gasteiger partial charge in [0.25, 0.3) is 0 Å². The van der Waals surface area contributed by atoms with Crippen LogP contribution in [0.15, 0.2) is 105 Å². The summed E-state index contributed by atoms with van der Waals surface area (Å²) < 4.78 is 11.1. The Labute approximate surface area is 167 Å². The van der Waals surface area contributed by atoms with Crippen molar-refractivity contribution in [2.45, 2.75) is 12.6 Å². The third-order valence-electron chi connectivity index (χ3n) is 5.17. The normalized spacial score (nSPS) is 12.4. The van der Waals surface area contributed by atoms with Gasteiger partial charge in [-0.1, -0.05) is 60.7 Å². The molecule has 29 heavy (non-hydrogen) atoms. The van der Waals surface area contributed by atoms with Gasteiger partial charge >= 0.3 is 5.63 Å². The van der Waals surface area contributed by atoms with Crippen molar-refractivity contribution < 1.29 is 8.83 Å². The van der Waals surface area contributed by atoms with Gasteiger partial charge in [-0.15, -0.1) is 0 Å². The van der Waals surface area contributed by atoms with Gasteiger partial charge in [-0.05, 0) is 40.1 Å². The lowest BCUT2D eigenvalue weighted by atomic mass is 10.0. The average Bonchev–Trinajstić information content (AvgIpc) is 3.28. The smallest absolute Gasteiger partial charge is 0.336 e. The first-order valence-electron chi connectivity index (χ1n) is 9.56. The summed E-state index contributed by atoms with van der Waals surface area (Å²) in [5, 5.41) is 6.71. The van der Waals surface area contributed by atoms with Crippen molar-refractivity contribution in [3.63, 3.8) is 0 Å². The molecule has 0 aliphatic rings. The van der Waals surface area contributed by atoms with Crippen molar-refractivity contribution in [1.29, 1.82) is 0 Å². The largest absolute Gasteiger partial charge is 0.467 e. The van der Waals surface area contributed by atoms with Crippen LogP contribution in [0, 0.1) is 0 Å². The molecular weight excluding hydrogens is 362 g/mol. The molecule has 0 aliphatic heterocycles. The Balaban J connectivity index is 1.59. The summed E-state index contributed by atoms with van der Waals surface area (Å²) in [5.41, 5.74) is 2.25. The molecule has 2 heterocycles. The summed E-state index contributed by atoms with van der Waals surface area (Å²) in [6.45, 7) is 0.496. The monoisotopic (exact) mass is 381 g/mol. The minimum atomic E-state index is -0.348. The van der Waals surface area contributed by atoms with Crippen molar-refractivity contribution in [1.82, 2.24) is 5.32 Å². The van der Waals surface area contributed by atoms with Crippen molar-refractivity contribution in [2.24, 2.45) is 0 Å². The summed E-state index contributed by atoms with van der Waals surface area (Å²) in [5.74, 6) is 0.827. The Morgan fingerprint density at radius 1 is 0.862 bits per heavy atom. The van der Waals surface area contributed by atoms with E-state index < -0.39 is 0 Å². The van der Waals surface area contributed by atoms with Crippen molar-refractivity contribution in [3.8, 4) is 0 Å². The van der Waals surface area contributed by atoms with Crippen LogP contribution in [-0.2, 0) is 6.54 Å². The topological polar surface area (TPSA) is 55.4 Å². The molecule has 4 heteroatoms. The maximum absolute atomic E-state index is 12.2. The van der Waals surface area contributed by atoms with E-state index in [1.807, 2.05) is 54.6 Å². The summed E-state index contributed by atoms with van der Waals surface area (Å²) in [6.07, 6.45) is 1.67. The Bertz CT molecular complexity index is 1320. The third kappa shape index (κ3) is 3.35. The molecule has 4 nitrogen and oxygen atoms in total. The molecule has 1 atom stereocenters. The number of fused-ring (bicyclic) bond motifs is 3. The van der Waals surface area contributed by atoms with E-state index in [1.165, 1.54) is 0 Å². The second kappa shape index (κ2) is 7.41. The highest BCUT2D eigenvalue weighted by molar-refractivity contribution is 6.07. The molecule has 3 aromatic carbocycles. The van der Waals surface area contributed by atoms with Gasteiger partial charge in [0.15, 0.2) is 0 Å². The molecule has 0 bridgehead atoms. The zero-order chi connectivity index (χ0) is 19.6. The molecule has 0 aliphatic carbocycles. The fraction of sp³-hybridized carbons (Fsp3) is 0.0800. The molecule has 0 saturated heterocycles. The first kappa shape index (κ1) is 17.5. The number of hydrogen-bond donors (Lipinski definition) is 1. The summed E-state index contributed by atoms with van der Waals surface area (Å²) in [6, 6.07) is 27.4. The number of furan rings is 1. The van der Waals surface area contributed by atoms with E-state index in [0.29, 0.717) is 12.1 Å². The fourth-order valence-corrected chi connectivity index (χ4v) is 3.86. The van der Waals surface area contributed by atoms with Crippen LogP contribution in [0.4, 0.5) is 0 Å². The average molecular weight is 381 g/mol. The van der Waals surface area contributed by atoms with E-state index in [4.69, 9.17) is 8.83 Å². The van der Waals surface area contributed by atoms with E-state index in [0.717, 1.165) is 33.0 Å². The lowest BCUT2D eigenvalue weighted by Crippen LogP contribution is -2.22. The molecule has 2 aromatic heterocycles. The predicted octanol–water partition coefficient (Wildman–Crippen LogP) is 5.42. The SMILES string of the molecule is O=c1cc(CN[C@H](c2ccccc2)c2ccco2)c2c(ccc3ccccc32)o1. The van der Waals surface area contributed by atoms with E-state index in [9.17, 15) is 4.79 Å². The van der Waals surface area contributed by atoms with Gasteiger partial charge in [-0.25, -0.2) is 4.79 Å². The minimum absolute atomic E-state index is 0.122. The zero-order valence-electron chi connectivity index (χ0n) is 15.7. The zero-order valence-corrected chi connectivity index (χ0v) is 15.7. The molecule has 0 saturated carbocycles. The standard InChI is InChI=1S/C25H19NO3/c27-23-15-19(24-20-10-5-4-7-17(20)12-13-21(24)29-23)16-26-25(22-11-6-14-28-22)18-8-2-1-3-9-18/h1-15,25-26H,16H2/t25-/m1/s1. The molecule has 1 N–H and O–H groups in total. The van der Waals surface area contributed by atoms with E-state index in [-0.39, 0.29) is 11.7 Å². The van der Waals surface area contributed by atoms with Crippen LogP contribution in [0.25, 0.3) is 21.7 Å². The van der Waals surface area contributed by atoms with Gasteiger partial charge in [0, 0.05) is 18.0 Å². The molecule has 5 aromatic rings. The molecule has 142 valence electrons. The van der Waals surface area contributed by atoms with Gasteiger partial charge in [0.2, 0.25) is 0 Å². The van der Waals surface area contributed by atoms with Crippen LogP contribution in [0.3, 0.4) is 0 Å². The second-order valence-electron chi connectivity index (χ2n) is 6.99. The van der Waals surface area contributed by atoms with Crippen molar-refractivity contribution in [3.05, 3.63) is 118 Å². The summed E-state index contributed by atoms with van der Waals surface area (Å²) in [7, 11) is 0. The minimum Gasteiger partial charge on any atom is -0.467 e. The molecule has 5 rings (SSSR count). The highest BCUT2D eigenvalue weighted by atomic mass is 16.4. The van der Waals surface area contributed by atoms with Crippen LogP contribution < -0.4 is 10.9 Å². The highest BCUT2D eigenvalue weighted by Crippen LogP contribution is 2.29. The van der Waals surface area contributed by atoms with Crippen LogP contribution in [0.5, 0.6) is 0 Å².